The number of carbonyl (C=O) groups is 2. The molecule has 1 amide bonds. The molecule has 0 atom stereocenters. The van der Waals surface area contributed by atoms with E-state index in [2.05, 4.69) is 11.2 Å². The van der Waals surface area contributed by atoms with Crippen molar-refractivity contribution in [2.24, 2.45) is 0 Å². The van der Waals surface area contributed by atoms with Gasteiger partial charge in [-0.2, -0.15) is 0 Å². The Hall–Kier alpha value is -2.35. The van der Waals surface area contributed by atoms with E-state index < -0.39 is 17.7 Å². The van der Waals surface area contributed by atoms with Crippen LogP contribution in [0.5, 0.6) is 0 Å². The zero-order valence-electron chi connectivity index (χ0n) is 10.3. The van der Waals surface area contributed by atoms with Crippen LogP contribution in [-0.2, 0) is 4.79 Å². The van der Waals surface area contributed by atoms with Crippen molar-refractivity contribution < 1.29 is 19.1 Å². The van der Waals surface area contributed by atoms with Gasteiger partial charge in [0.2, 0.25) is 5.91 Å². The number of hydrogen-bond donors (Lipinski definition) is 2. The van der Waals surface area contributed by atoms with Crippen molar-refractivity contribution in [1.29, 1.82) is 0 Å². The van der Waals surface area contributed by atoms with Crippen molar-refractivity contribution in [1.82, 2.24) is 0 Å². The Bertz CT molecular complexity index is 520. The van der Waals surface area contributed by atoms with Crippen molar-refractivity contribution in [3.63, 3.8) is 0 Å². The van der Waals surface area contributed by atoms with Crippen LogP contribution in [0.1, 0.15) is 36.0 Å². The molecule has 0 fully saturated rings. The highest BCUT2D eigenvalue weighted by Crippen LogP contribution is 2.20. The number of amides is 1. The Kier molecular flexibility index (Phi) is 5.55. The first-order chi connectivity index (χ1) is 9.06. The molecule has 100 valence electrons. The lowest BCUT2D eigenvalue weighted by atomic mass is 10.1. The third kappa shape index (κ3) is 4.43. The number of carboxylic acids is 1. The van der Waals surface area contributed by atoms with Gasteiger partial charge in [0.25, 0.3) is 0 Å². The van der Waals surface area contributed by atoms with Crippen LogP contribution in [0, 0.1) is 18.2 Å². The summed E-state index contributed by atoms with van der Waals surface area (Å²) in [6.07, 6.45) is 7.11. The molecule has 0 saturated carbocycles. The van der Waals surface area contributed by atoms with Crippen LogP contribution >= 0.6 is 0 Å². The lowest BCUT2D eigenvalue weighted by Gasteiger charge is -2.09. The molecule has 0 unspecified atom stereocenters. The third-order valence-corrected chi connectivity index (χ3v) is 2.48. The van der Waals surface area contributed by atoms with Crippen LogP contribution in [0.25, 0.3) is 0 Å². The zero-order chi connectivity index (χ0) is 14.3. The van der Waals surface area contributed by atoms with Crippen LogP contribution in [0.4, 0.5) is 10.1 Å². The largest absolute Gasteiger partial charge is 0.478 e. The minimum Gasteiger partial charge on any atom is -0.478 e. The van der Waals surface area contributed by atoms with Gasteiger partial charge < -0.3 is 10.4 Å². The van der Waals surface area contributed by atoms with E-state index in [9.17, 15) is 14.0 Å². The van der Waals surface area contributed by atoms with Crippen LogP contribution in [0.2, 0.25) is 0 Å². The second-order valence-electron chi connectivity index (χ2n) is 3.93. The summed E-state index contributed by atoms with van der Waals surface area (Å²) in [6, 6.07) is 3.61. The van der Waals surface area contributed by atoms with Gasteiger partial charge in [-0.05, 0) is 25.0 Å². The molecule has 0 radical (unpaired) electrons. The number of hydrogen-bond acceptors (Lipinski definition) is 2. The standard InChI is InChI=1S/C14H14FNO3/c1-2-3-4-5-9-12(17)16-13-10(14(18)19)7-6-8-11(13)15/h1,6-8H,3-5,9H2,(H,16,17)(H,18,19). The molecule has 0 aliphatic carbocycles. The van der Waals surface area contributed by atoms with Crippen LogP contribution in [0.3, 0.4) is 0 Å². The number of nitrogens with one attached hydrogen (secondary N) is 1. The predicted octanol–water partition coefficient (Wildman–Crippen LogP) is 2.66. The van der Waals surface area contributed by atoms with Gasteiger partial charge in [-0.3, -0.25) is 4.79 Å². The molecule has 0 aromatic heterocycles. The second kappa shape index (κ2) is 7.17. The van der Waals surface area contributed by atoms with Crippen molar-refractivity contribution in [2.45, 2.75) is 25.7 Å². The summed E-state index contributed by atoms with van der Waals surface area (Å²) in [5.41, 5.74) is -0.561. The normalized spacial score (nSPS) is 9.68. The number of rotatable bonds is 6. The number of carboxylic acid groups (broad SMARTS) is 1. The summed E-state index contributed by atoms with van der Waals surface area (Å²) in [6.45, 7) is 0. The fourth-order valence-corrected chi connectivity index (χ4v) is 1.54. The maximum Gasteiger partial charge on any atom is 0.337 e. The minimum absolute atomic E-state index is 0.176. The van der Waals surface area contributed by atoms with Crippen molar-refractivity contribution >= 4 is 17.6 Å². The topological polar surface area (TPSA) is 66.4 Å². The lowest BCUT2D eigenvalue weighted by molar-refractivity contribution is -0.116. The van der Waals surface area contributed by atoms with Crippen molar-refractivity contribution in [3.8, 4) is 12.3 Å². The monoisotopic (exact) mass is 263 g/mol. The molecule has 0 aliphatic rings. The highest BCUT2D eigenvalue weighted by molar-refractivity contribution is 6.00. The molecule has 1 aromatic carbocycles. The van der Waals surface area contributed by atoms with Crippen molar-refractivity contribution in [3.05, 3.63) is 29.6 Å². The van der Waals surface area contributed by atoms with Crippen molar-refractivity contribution in [2.75, 3.05) is 5.32 Å². The predicted molar refractivity (Wildman–Crippen MR) is 69.3 cm³/mol. The fraction of sp³-hybridized carbons (Fsp3) is 0.286. The van der Waals surface area contributed by atoms with Gasteiger partial charge in [0, 0.05) is 12.8 Å². The summed E-state index contributed by atoms with van der Waals surface area (Å²) in [5, 5.41) is 11.2. The summed E-state index contributed by atoms with van der Waals surface area (Å²) in [7, 11) is 0. The van der Waals surface area contributed by atoms with E-state index in [1.165, 1.54) is 12.1 Å². The number of terminal acetylenes is 1. The van der Waals surface area contributed by atoms with E-state index in [0.717, 1.165) is 6.07 Å². The molecule has 0 bridgehead atoms. The minimum atomic E-state index is -1.29. The molecule has 0 heterocycles. The van der Waals surface area contributed by atoms with Crippen LogP contribution in [-0.4, -0.2) is 17.0 Å². The van der Waals surface area contributed by atoms with E-state index in [1.807, 2.05) is 0 Å². The number of anilines is 1. The fourth-order valence-electron chi connectivity index (χ4n) is 1.54. The second-order valence-corrected chi connectivity index (χ2v) is 3.93. The van der Waals surface area contributed by atoms with Gasteiger partial charge in [0.15, 0.2) is 0 Å². The van der Waals surface area contributed by atoms with Crippen LogP contribution < -0.4 is 5.32 Å². The zero-order valence-corrected chi connectivity index (χ0v) is 10.3. The maximum absolute atomic E-state index is 13.5. The molecular formula is C14H14FNO3. The first-order valence-corrected chi connectivity index (χ1v) is 5.81. The van der Waals surface area contributed by atoms with E-state index in [4.69, 9.17) is 11.5 Å². The molecule has 5 heteroatoms. The highest BCUT2D eigenvalue weighted by Gasteiger charge is 2.16. The number of benzene rings is 1. The first kappa shape index (κ1) is 14.7. The van der Waals surface area contributed by atoms with Gasteiger partial charge in [-0.1, -0.05) is 6.07 Å². The molecule has 19 heavy (non-hydrogen) atoms. The number of carbonyl (C=O) groups excluding carboxylic acids is 1. The van der Waals surface area contributed by atoms with Gasteiger partial charge in [0.1, 0.15) is 5.82 Å². The lowest BCUT2D eigenvalue weighted by Crippen LogP contribution is -2.15. The Morgan fingerprint density at radius 1 is 1.37 bits per heavy atom. The van der Waals surface area contributed by atoms with E-state index in [1.54, 1.807) is 0 Å². The maximum atomic E-state index is 13.5. The van der Waals surface area contributed by atoms with Crippen LogP contribution in [0.15, 0.2) is 18.2 Å². The SMILES string of the molecule is C#CCCCCC(=O)Nc1c(F)cccc1C(=O)O. The third-order valence-electron chi connectivity index (χ3n) is 2.48. The molecule has 1 rings (SSSR count). The van der Waals surface area contributed by atoms with Gasteiger partial charge in [0.05, 0.1) is 11.3 Å². The Morgan fingerprint density at radius 3 is 2.74 bits per heavy atom. The molecule has 0 aliphatic heterocycles. The molecule has 0 saturated heterocycles. The Labute approximate surface area is 110 Å². The summed E-state index contributed by atoms with van der Waals surface area (Å²) in [4.78, 5) is 22.5. The molecule has 4 nitrogen and oxygen atoms in total. The van der Waals surface area contributed by atoms with E-state index in [-0.39, 0.29) is 17.7 Å². The summed E-state index contributed by atoms with van der Waals surface area (Å²) >= 11 is 0. The molecule has 0 spiro atoms. The number of aromatic carboxylic acids is 1. The average molecular weight is 263 g/mol. The number of unbranched alkanes of at least 4 members (excludes halogenated alkanes) is 2. The number of halogens is 1. The van der Waals surface area contributed by atoms with Gasteiger partial charge in [-0.15, -0.1) is 12.3 Å². The number of para-hydroxylation sites is 1. The van der Waals surface area contributed by atoms with E-state index >= 15 is 0 Å². The molecule has 2 N–H and O–H groups in total. The molecule has 1 aromatic rings. The Morgan fingerprint density at radius 2 is 2.11 bits per heavy atom. The first-order valence-electron chi connectivity index (χ1n) is 5.81. The smallest absolute Gasteiger partial charge is 0.337 e. The highest BCUT2D eigenvalue weighted by atomic mass is 19.1. The Balaban J connectivity index is 2.69. The van der Waals surface area contributed by atoms with Gasteiger partial charge in [-0.25, -0.2) is 9.18 Å². The average Bonchev–Trinajstić information content (AvgIpc) is 2.37. The summed E-state index contributed by atoms with van der Waals surface area (Å²) < 4.78 is 13.5. The quantitative estimate of drug-likeness (QED) is 0.612. The summed E-state index contributed by atoms with van der Waals surface area (Å²) in [5.74, 6) is -0.0279. The molecular weight excluding hydrogens is 249 g/mol. The van der Waals surface area contributed by atoms with Gasteiger partial charge >= 0.3 is 5.97 Å². The van der Waals surface area contributed by atoms with E-state index in [0.29, 0.717) is 19.3 Å².